The normalized spacial score (nSPS) is 26.9. The van der Waals surface area contributed by atoms with E-state index in [1.807, 2.05) is 29.2 Å². The lowest BCUT2D eigenvalue weighted by atomic mass is 9.76. The van der Waals surface area contributed by atoms with E-state index >= 15 is 0 Å². The molecule has 0 aromatic heterocycles. The van der Waals surface area contributed by atoms with Gasteiger partial charge in [-0.15, -0.1) is 0 Å². The number of carboxylic acid groups (broad SMARTS) is 1. The molecule has 1 saturated heterocycles. The second kappa shape index (κ2) is 7.64. The van der Waals surface area contributed by atoms with Gasteiger partial charge in [-0.1, -0.05) is 39.0 Å². The van der Waals surface area contributed by atoms with Crippen LogP contribution in [0.2, 0.25) is 0 Å². The summed E-state index contributed by atoms with van der Waals surface area (Å²) in [4.78, 5) is 29.7. The van der Waals surface area contributed by atoms with Crippen LogP contribution >= 0.6 is 0 Å². The van der Waals surface area contributed by atoms with Gasteiger partial charge in [-0.25, -0.2) is 4.79 Å². The highest BCUT2D eigenvalue weighted by Crippen LogP contribution is 2.54. The van der Waals surface area contributed by atoms with E-state index < -0.39 is 11.5 Å². The smallest absolute Gasteiger partial charge is 0.407 e. The third-order valence-electron chi connectivity index (χ3n) is 8.36. The number of benzene rings is 2. The Labute approximate surface area is 205 Å². The van der Waals surface area contributed by atoms with Crippen LogP contribution in [0.3, 0.4) is 0 Å². The van der Waals surface area contributed by atoms with Gasteiger partial charge in [0.2, 0.25) is 5.91 Å². The number of carbonyl (C=O) groups excluding carboxylic acids is 1. The van der Waals surface area contributed by atoms with Gasteiger partial charge in [-0.2, -0.15) is 0 Å². The van der Waals surface area contributed by atoms with Crippen molar-refractivity contribution in [1.82, 2.24) is 4.90 Å². The van der Waals surface area contributed by atoms with Crippen molar-refractivity contribution >= 4 is 17.7 Å². The summed E-state index contributed by atoms with van der Waals surface area (Å²) in [5, 5.41) is 9.75. The van der Waals surface area contributed by atoms with Gasteiger partial charge in [0.15, 0.2) is 0 Å². The number of fused-ring (bicyclic) bond motifs is 5. The summed E-state index contributed by atoms with van der Waals surface area (Å²) in [6.45, 7) is 8.31. The minimum absolute atomic E-state index is 0.0595. The molecule has 4 aliphatic rings. The quantitative estimate of drug-likeness (QED) is 0.693. The Hall–Kier alpha value is -3.22. The zero-order valence-corrected chi connectivity index (χ0v) is 20.5. The van der Waals surface area contributed by atoms with Gasteiger partial charge in [0.25, 0.3) is 0 Å². The Kier molecular flexibility index (Phi) is 4.86. The lowest BCUT2D eigenvalue weighted by Gasteiger charge is -2.45. The molecule has 184 valence electrons. The molecular formula is C28H32N2O5. The molecule has 2 aromatic carbocycles. The van der Waals surface area contributed by atoms with Crippen LogP contribution in [0, 0.1) is 11.3 Å². The van der Waals surface area contributed by atoms with Crippen LogP contribution in [0.5, 0.6) is 11.5 Å². The number of hydrogen-bond acceptors (Lipinski definition) is 4. The molecule has 1 N–H and O–H groups in total. The van der Waals surface area contributed by atoms with Crippen LogP contribution in [-0.2, 0) is 16.6 Å². The van der Waals surface area contributed by atoms with Crippen LogP contribution in [0.15, 0.2) is 36.4 Å². The number of ether oxygens (including phenoxy) is 2. The molecule has 35 heavy (non-hydrogen) atoms. The first-order valence-corrected chi connectivity index (χ1v) is 12.5. The Morgan fingerprint density at radius 2 is 1.94 bits per heavy atom. The van der Waals surface area contributed by atoms with Crippen LogP contribution in [-0.4, -0.2) is 54.4 Å². The van der Waals surface area contributed by atoms with Crippen LogP contribution in [0.25, 0.3) is 0 Å². The molecule has 0 radical (unpaired) electrons. The summed E-state index contributed by atoms with van der Waals surface area (Å²) in [7, 11) is 0. The van der Waals surface area contributed by atoms with Gasteiger partial charge in [0.05, 0.1) is 6.61 Å². The summed E-state index contributed by atoms with van der Waals surface area (Å²) in [6, 6.07) is 12.0. The molecule has 3 unspecified atom stereocenters. The molecule has 1 spiro atoms. The number of carbonyl (C=O) groups is 2. The highest BCUT2D eigenvalue weighted by molar-refractivity contribution is 6.11. The average molecular weight is 477 g/mol. The number of likely N-dealkylation sites (tertiary alicyclic amines) is 1. The molecule has 4 heterocycles. The maximum absolute atomic E-state index is 14.3. The zero-order valence-electron chi connectivity index (χ0n) is 20.5. The van der Waals surface area contributed by atoms with E-state index in [1.54, 1.807) is 4.90 Å². The predicted molar refractivity (Wildman–Crippen MR) is 131 cm³/mol. The van der Waals surface area contributed by atoms with E-state index in [0.717, 1.165) is 53.1 Å². The van der Waals surface area contributed by atoms with Gasteiger partial charge in [0.1, 0.15) is 23.5 Å². The molecular weight excluding hydrogens is 444 g/mol. The molecule has 1 fully saturated rings. The topological polar surface area (TPSA) is 79.3 Å². The van der Waals surface area contributed by atoms with Gasteiger partial charge in [-0.3, -0.25) is 4.79 Å². The summed E-state index contributed by atoms with van der Waals surface area (Å²) in [5.41, 5.74) is 3.00. The van der Waals surface area contributed by atoms with E-state index in [0.29, 0.717) is 26.3 Å². The lowest BCUT2D eigenvalue weighted by molar-refractivity contribution is -0.122. The van der Waals surface area contributed by atoms with Gasteiger partial charge in [0, 0.05) is 42.9 Å². The van der Waals surface area contributed by atoms with Crippen molar-refractivity contribution in [2.75, 3.05) is 31.2 Å². The van der Waals surface area contributed by atoms with Crippen LogP contribution < -0.4 is 14.4 Å². The number of anilines is 1. The second-order valence-electron chi connectivity index (χ2n) is 11.4. The number of rotatable bonds is 2. The molecule has 0 saturated carbocycles. The molecule has 4 aliphatic heterocycles. The third kappa shape index (κ3) is 3.23. The highest BCUT2D eigenvalue weighted by atomic mass is 16.5. The molecule has 0 bridgehead atoms. The summed E-state index contributed by atoms with van der Waals surface area (Å²) < 4.78 is 11.9. The summed E-state index contributed by atoms with van der Waals surface area (Å²) >= 11 is 0. The standard InChI is InChI=1S/C28H32N2O5/c1-27(2,3)24-12-17(8-10-29(24)26(32)33)15-30-21-7-5-4-6-19(21)28(25(30)31)16-35-23-14-22-18(9-11-34-22)13-20(23)28/h4-7,13-14,17,24H,8-12,15-16H2,1-3H3,(H,32,33). The number of nitrogens with zero attached hydrogens (tertiary/aromatic N) is 2. The lowest BCUT2D eigenvalue weighted by Crippen LogP contribution is -2.53. The van der Waals surface area contributed by atoms with Crippen molar-refractivity contribution in [1.29, 1.82) is 0 Å². The molecule has 6 rings (SSSR count). The molecule has 7 nitrogen and oxygen atoms in total. The number of amides is 2. The van der Waals surface area contributed by atoms with Crippen molar-refractivity contribution in [3.63, 3.8) is 0 Å². The van der Waals surface area contributed by atoms with Gasteiger partial charge in [-0.05, 0) is 47.4 Å². The predicted octanol–water partition coefficient (Wildman–Crippen LogP) is 4.45. The van der Waals surface area contributed by atoms with Crippen LogP contribution in [0.4, 0.5) is 10.5 Å². The monoisotopic (exact) mass is 476 g/mol. The summed E-state index contributed by atoms with van der Waals surface area (Å²) in [6.07, 6.45) is 1.47. The SMILES string of the molecule is CC(C)(C)C1CC(CN2C(=O)C3(COc4cc5c(cc43)CCO5)c3ccccc32)CCN1C(=O)O. The Morgan fingerprint density at radius 1 is 1.14 bits per heavy atom. The van der Waals surface area contributed by atoms with Gasteiger partial charge >= 0.3 is 6.09 Å². The molecule has 7 heteroatoms. The Morgan fingerprint density at radius 3 is 2.71 bits per heavy atom. The van der Waals surface area contributed by atoms with E-state index in [1.165, 1.54) is 0 Å². The fourth-order valence-electron chi connectivity index (χ4n) is 6.54. The largest absolute Gasteiger partial charge is 0.493 e. The van der Waals surface area contributed by atoms with E-state index in [2.05, 4.69) is 32.9 Å². The molecule has 3 atom stereocenters. The van der Waals surface area contributed by atoms with Crippen molar-refractivity contribution in [2.45, 2.75) is 51.5 Å². The number of hydrogen-bond donors (Lipinski definition) is 1. The van der Waals surface area contributed by atoms with Gasteiger partial charge < -0.3 is 24.4 Å². The minimum atomic E-state index is -0.860. The first-order chi connectivity index (χ1) is 16.7. The van der Waals surface area contributed by atoms with Crippen molar-refractivity contribution in [2.24, 2.45) is 11.3 Å². The molecule has 2 aromatic rings. The number of piperidine rings is 1. The highest BCUT2D eigenvalue weighted by Gasteiger charge is 2.57. The van der Waals surface area contributed by atoms with Crippen molar-refractivity contribution in [3.8, 4) is 11.5 Å². The fraction of sp³-hybridized carbons (Fsp3) is 0.500. The minimum Gasteiger partial charge on any atom is -0.493 e. The average Bonchev–Trinajstić information content (AvgIpc) is 3.50. The summed E-state index contributed by atoms with van der Waals surface area (Å²) in [5.74, 6) is 1.87. The zero-order chi connectivity index (χ0) is 24.5. The molecule has 2 amide bonds. The number of para-hydroxylation sites is 1. The Balaban J connectivity index is 1.35. The maximum atomic E-state index is 14.3. The first kappa shape index (κ1) is 22.3. The Bertz CT molecular complexity index is 1220. The third-order valence-corrected chi connectivity index (χ3v) is 8.36. The first-order valence-electron chi connectivity index (χ1n) is 12.5. The van der Waals surface area contributed by atoms with E-state index in [-0.39, 0.29) is 23.3 Å². The van der Waals surface area contributed by atoms with Crippen molar-refractivity contribution in [3.05, 3.63) is 53.1 Å². The second-order valence-corrected chi connectivity index (χ2v) is 11.4. The van der Waals surface area contributed by atoms with Crippen LogP contribution in [0.1, 0.15) is 50.3 Å². The van der Waals surface area contributed by atoms with E-state index in [4.69, 9.17) is 9.47 Å². The maximum Gasteiger partial charge on any atom is 0.407 e. The molecule has 0 aliphatic carbocycles. The van der Waals surface area contributed by atoms with E-state index in [9.17, 15) is 14.7 Å². The fourth-order valence-corrected chi connectivity index (χ4v) is 6.54. The van der Waals surface area contributed by atoms with Crippen molar-refractivity contribution < 1.29 is 24.2 Å².